The molecule has 64 valence electrons. The summed E-state index contributed by atoms with van der Waals surface area (Å²) in [7, 11) is 0. The van der Waals surface area contributed by atoms with Crippen LogP contribution in [0.3, 0.4) is 0 Å². The fraction of sp³-hybridized carbons (Fsp3) is 0.300. The number of hydrogen-bond donors (Lipinski definition) is 0. The first-order valence-electron chi connectivity index (χ1n) is 3.86. The Labute approximate surface area is 72.2 Å². The first-order valence-corrected chi connectivity index (χ1v) is 3.86. The molecule has 1 aliphatic carbocycles. The van der Waals surface area contributed by atoms with Gasteiger partial charge in [0.2, 0.25) is 0 Å². The number of carbonyl (C=O) groups excluding carboxylic acids is 1. The summed E-state index contributed by atoms with van der Waals surface area (Å²) >= 11 is 0. The van der Waals surface area contributed by atoms with Crippen molar-refractivity contribution in [3.05, 3.63) is 37.0 Å². The Bertz CT molecular complexity index is 251. The maximum atomic E-state index is 10.9. The molecule has 1 unspecified atom stereocenters. The highest BCUT2D eigenvalue weighted by Gasteiger charge is 2.24. The summed E-state index contributed by atoms with van der Waals surface area (Å²) in [5, 5.41) is 0. The molecule has 1 rings (SSSR count). The standard InChI is InChI=1S/C10H12O2/c1-3-9(11)12-10(2)7-5-4-6-8-10/h3-7H,1,8H2,2H3. The van der Waals surface area contributed by atoms with E-state index in [0.717, 1.165) is 6.42 Å². The molecule has 0 aromatic rings. The normalized spacial score (nSPS) is 26.8. The monoisotopic (exact) mass is 164 g/mol. The molecule has 0 saturated carbocycles. The van der Waals surface area contributed by atoms with E-state index in [1.165, 1.54) is 6.08 Å². The van der Waals surface area contributed by atoms with Gasteiger partial charge in [0.05, 0.1) is 0 Å². The second-order valence-electron chi connectivity index (χ2n) is 2.93. The van der Waals surface area contributed by atoms with Crippen molar-refractivity contribution in [2.75, 3.05) is 0 Å². The van der Waals surface area contributed by atoms with Crippen LogP contribution in [0.5, 0.6) is 0 Å². The second kappa shape index (κ2) is 3.39. The van der Waals surface area contributed by atoms with E-state index in [1.54, 1.807) is 0 Å². The van der Waals surface area contributed by atoms with Gasteiger partial charge in [-0.15, -0.1) is 0 Å². The summed E-state index contributed by atoms with van der Waals surface area (Å²) in [6.45, 7) is 5.21. The smallest absolute Gasteiger partial charge is 0.331 e. The molecule has 2 heteroatoms. The summed E-state index contributed by atoms with van der Waals surface area (Å²) in [4.78, 5) is 10.9. The van der Waals surface area contributed by atoms with E-state index in [1.807, 2.05) is 31.2 Å². The van der Waals surface area contributed by atoms with Gasteiger partial charge in [0, 0.05) is 12.5 Å². The molecule has 0 saturated heterocycles. The zero-order valence-electron chi connectivity index (χ0n) is 7.12. The molecule has 12 heavy (non-hydrogen) atoms. The van der Waals surface area contributed by atoms with E-state index in [2.05, 4.69) is 6.58 Å². The molecule has 0 heterocycles. The Morgan fingerprint density at radius 1 is 1.67 bits per heavy atom. The van der Waals surface area contributed by atoms with Crippen molar-refractivity contribution < 1.29 is 9.53 Å². The largest absolute Gasteiger partial charge is 0.452 e. The number of rotatable bonds is 2. The van der Waals surface area contributed by atoms with Crippen molar-refractivity contribution in [2.45, 2.75) is 18.9 Å². The second-order valence-corrected chi connectivity index (χ2v) is 2.93. The molecule has 0 amide bonds. The first kappa shape index (κ1) is 8.78. The van der Waals surface area contributed by atoms with Gasteiger partial charge < -0.3 is 4.74 Å². The fourth-order valence-corrected chi connectivity index (χ4v) is 1.05. The van der Waals surface area contributed by atoms with Gasteiger partial charge in [-0.05, 0) is 13.0 Å². The van der Waals surface area contributed by atoms with Crippen LogP contribution in [0.15, 0.2) is 37.0 Å². The summed E-state index contributed by atoms with van der Waals surface area (Å²) < 4.78 is 5.13. The van der Waals surface area contributed by atoms with E-state index in [0.29, 0.717) is 0 Å². The van der Waals surface area contributed by atoms with Crippen LogP contribution in [-0.2, 0) is 9.53 Å². The van der Waals surface area contributed by atoms with Crippen LogP contribution >= 0.6 is 0 Å². The molecule has 1 aliphatic rings. The number of ether oxygens (including phenoxy) is 1. The van der Waals surface area contributed by atoms with Crippen molar-refractivity contribution in [1.82, 2.24) is 0 Å². The molecule has 0 fully saturated rings. The van der Waals surface area contributed by atoms with Crippen molar-refractivity contribution in [3.8, 4) is 0 Å². The van der Waals surface area contributed by atoms with E-state index >= 15 is 0 Å². The van der Waals surface area contributed by atoms with Crippen LogP contribution < -0.4 is 0 Å². The third-order valence-corrected chi connectivity index (χ3v) is 1.72. The Balaban J connectivity index is 2.61. The Hall–Kier alpha value is -1.31. The van der Waals surface area contributed by atoms with Gasteiger partial charge in [-0.25, -0.2) is 4.79 Å². The minimum atomic E-state index is -0.486. The van der Waals surface area contributed by atoms with Gasteiger partial charge in [-0.1, -0.05) is 24.8 Å². The summed E-state index contributed by atoms with van der Waals surface area (Å²) in [6, 6.07) is 0. The van der Waals surface area contributed by atoms with Gasteiger partial charge in [0.1, 0.15) is 5.60 Å². The Morgan fingerprint density at radius 3 is 2.92 bits per heavy atom. The average Bonchev–Trinajstić information content (AvgIpc) is 2.05. The molecule has 2 nitrogen and oxygen atoms in total. The molecule has 0 bridgehead atoms. The number of hydrogen-bond acceptors (Lipinski definition) is 2. The minimum Gasteiger partial charge on any atom is -0.452 e. The van der Waals surface area contributed by atoms with Gasteiger partial charge in [0.15, 0.2) is 0 Å². The lowest BCUT2D eigenvalue weighted by Crippen LogP contribution is -2.28. The van der Waals surface area contributed by atoms with Gasteiger partial charge in [-0.2, -0.15) is 0 Å². The van der Waals surface area contributed by atoms with Crippen molar-refractivity contribution in [3.63, 3.8) is 0 Å². The molecule has 0 N–H and O–H groups in total. The number of allylic oxidation sites excluding steroid dienone is 2. The predicted octanol–water partition coefficient (Wildman–Crippen LogP) is 1.99. The summed E-state index contributed by atoms with van der Waals surface area (Å²) in [6.07, 6.45) is 9.55. The van der Waals surface area contributed by atoms with Crippen LogP contribution in [0.4, 0.5) is 0 Å². The van der Waals surface area contributed by atoms with E-state index in [4.69, 9.17) is 4.74 Å². The molecule has 1 atom stereocenters. The van der Waals surface area contributed by atoms with Gasteiger partial charge >= 0.3 is 5.97 Å². The lowest BCUT2D eigenvalue weighted by Gasteiger charge is -2.25. The molecular formula is C10H12O2. The lowest BCUT2D eigenvalue weighted by atomic mass is 9.98. The van der Waals surface area contributed by atoms with Gasteiger partial charge in [-0.3, -0.25) is 0 Å². The summed E-state index contributed by atoms with van der Waals surface area (Å²) in [5.41, 5.74) is -0.486. The molecule has 0 aliphatic heterocycles. The van der Waals surface area contributed by atoms with Gasteiger partial charge in [0.25, 0.3) is 0 Å². The van der Waals surface area contributed by atoms with E-state index in [-0.39, 0.29) is 5.97 Å². The Morgan fingerprint density at radius 2 is 2.42 bits per heavy atom. The summed E-state index contributed by atoms with van der Waals surface area (Å²) in [5.74, 6) is -0.377. The molecule has 0 spiro atoms. The highest BCUT2D eigenvalue weighted by molar-refractivity contribution is 5.81. The lowest BCUT2D eigenvalue weighted by molar-refractivity contribution is -0.147. The maximum absolute atomic E-state index is 10.9. The zero-order chi connectivity index (χ0) is 9.03. The first-order chi connectivity index (χ1) is 5.66. The van der Waals surface area contributed by atoms with Crippen molar-refractivity contribution in [2.24, 2.45) is 0 Å². The van der Waals surface area contributed by atoms with Crippen LogP contribution in [-0.4, -0.2) is 11.6 Å². The predicted molar refractivity (Wildman–Crippen MR) is 47.6 cm³/mol. The average molecular weight is 164 g/mol. The molecule has 0 aromatic carbocycles. The molecule has 0 radical (unpaired) electrons. The van der Waals surface area contributed by atoms with Crippen molar-refractivity contribution >= 4 is 5.97 Å². The van der Waals surface area contributed by atoms with Crippen LogP contribution in [0.25, 0.3) is 0 Å². The zero-order valence-corrected chi connectivity index (χ0v) is 7.12. The quantitative estimate of drug-likeness (QED) is 0.461. The van der Waals surface area contributed by atoms with Crippen LogP contribution in [0.2, 0.25) is 0 Å². The van der Waals surface area contributed by atoms with E-state index in [9.17, 15) is 4.79 Å². The fourth-order valence-electron chi connectivity index (χ4n) is 1.05. The highest BCUT2D eigenvalue weighted by atomic mass is 16.6. The molecular weight excluding hydrogens is 152 g/mol. The van der Waals surface area contributed by atoms with E-state index < -0.39 is 5.60 Å². The third kappa shape index (κ3) is 2.09. The highest BCUT2D eigenvalue weighted by Crippen LogP contribution is 2.21. The van der Waals surface area contributed by atoms with Crippen molar-refractivity contribution in [1.29, 1.82) is 0 Å². The minimum absolute atomic E-state index is 0.377. The third-order valence-electron chi connectivity index (χ3n) is 1.72. The maximum Gasteiger partial charge on any atom is 0.331 e. The topological polar surface area (TPSA) is 26.3 Å². The van der Waals surface area contributed by atoms with Crippen LogP contribution in [0.1, 0.15) is 13.3 Å². The SMILES string of the molecule is C=CC(=O)OC1(C)C=CC=CC1. The number of esters is 1. The Kier molecular flexibility index (Phi) is 2.48. The number of carbonyl (C=O) groups is 1. The van der Waals surface area contributed by atoms with Crippen LogP contribution in [0, 0.1) is 0 Å². The molecule has 0 aromatic heterocycles.